The Labute approximate surface area is 205 Å². The van der Waals surface area contributed by atoms with Gasteiger partial charge >= 0.3 is 0 Å². The molecule has 2 saturated heterocycles. The Morgan fingerprint density at radius 2 is 1.71 bits per heavy atom. The number of pyridine rings is 1. The van der Waals surface area contributed by atoms with Gasteiger partial charge in [0.05, 0.1) is 11.6 Å². The highest BCUT2D eigenvalue weighted by Crippen LogP contribution is 2.25. The quantitative estimate of drug-likeness (QED) is 0.630. The van der Waals surface area contributed by atoms with Crippen molar-refractivity contribution in [2.75, 3.05) is 44.2 Å². The SMILES string of the molecule is Cc1ccc(C)c(N2CCN(C(=O)C3CCCN(C(=O)c4cc(-c5ccncc5)n[nH]4)C3)CC2)c1. The molecule has 1 aromatic carbocycles. The van der Waals surface area contributed by atoms with Crippen LogP contribution in [-0.2, 0) is 4.79 Å². The first-order valence-corrected chi connectivity index (χ1v) is 12.4. The zero-order valence-corrected chi connectivity index (χ0v) is 20.4. The topological polar surface area (TPSA) is 85.4 Å². The minimum absolute atomic E-state index is 0.102. The number of piperazine rings is 1. The zero-order chi connectivity index (χ0) is 24.4. The second-order valence-electron chi connectivity index (χ2n) is 9.60. The standard InChI is InChI=1S/C27H32N6O2/c1-19-5-6-20(2)25(16-19)31-12-14-32(15-13-31)26(34)22-4-3-11-33(18-22)27(35)24-17-23(29-30-24)21-7-9-28-10-8-21/h5-10,16-17,22H,3-4,11-15,18H2,1-2H3,(H,29,30). The molecule has 1 N–H and O–H groups in total. The molecule has 2 aromatic heterocycles. The summed E-state index contributed by atoms with van der Waals surface area (Å²) in [6.07, 6.45) is 5.06. The molecule has 0 spiro atoms. The molecule has 2 aliphatic rings. The number of likely N-dealkylation sites (tertiary alicyclic amines) is 1. The molecule has 2 aliphatic heterocycles. The number of aryl methyl sites for hydroxylation is 2. The van der Waals surface area contributed by atoms with Crippen molar-refractivity contribution in [1.29, 1.82) is 0 Å². The van der Waals surface area contributed by atoms with Gasteiger partial charge in [-0.25, -0.2) is 0 Å². The van der Waals surface area contributed by atoms with E-state index >= 15 is 0 Å². The Morgan fingerprint density at radius 1 is 0.943 bits per heavy atom. The Bertz CT molecular complexity index is 1200. The fourth-order valence-electron chi connectivity index (χ4n) is 5.12. The number of anilines is 1. The van der Waals surface area contributed by atoms with Crippen LogP contribution in [0.3, 0.4) is 0 Å². The molecule has 8 nitrogen and oxygen atoms in total. The van der Waals surface area contributed by atoms with Crippen LogP contribution in [0, 0.1) is 19.8 Å². The summed E-state index contributed by atoms with van der Waals surface area (Å²) in [5, 5.41) is 7.17. The highest BCUT2D eigenvalue weighted by Gasteiger charge is 2.33. The average molecular weight is 473 g/mol. The molecule has 0 aliphatic carbocycles. The number of amides is 2. The van der Waals surface area contributed by atoms with E-state index in [4.69, 9.17) is 0 Å². The van der Waals surface area contributed by atoms with Gasteiger partial charge < -0.3 is 14.7 Å². The molecule has 0 bridgehead atoms. The second kappa shape index (κ2) is 9.90. The lowest BCUT2D eigenvalue weighted by atomic mass is 9.95. The minimum Gasteiger partial charge on any atom is -0.368 e. The maximum atomic E-state index is 13.4. The van der Waals surface area contributed by atoms with E-state index in [1.807, 2.05) is 17.0 Å². The van der Waals surface area contributed by atoms with E-state index in [0.29, 0.717) is 37.6 Å². The third kappa shape index (κ3) is 4.92. The van der Waals surface area contributed by atoms with E-state index in [1.54, 1.807) is 23.4 Å². The Balaban J connectivity index is 1.19. The van der Waals surface area contributed by atoms with Crippen molar-refractivity contribution in [3.8, 4) is 11.3 Å². The highest BCUT2D eigenvalue weighted by atomic mass is 16.2. The van der Waals surface area contributed by atoms with E-state index in [9.17, 15) is 9.59 Å². The maximum absolute atomic E-state index is 13.4. The Morgan fingerprint density at radius 3 is 2.49 bits per heavy atom. The summed E-state index contributed by atoms with van der Waals surface area (Å²) in [4.78, 5) is 36.7. The lowest BCUT2D eigenvalue weighted by Gasteiger charge is -2.40. The fraction of sp³-hybridized carbons (Fsp3) is 0.407. The van der Waals surface area contributed by atoms with Crippen molar-refractivity contribution in [3.63, 3.8) is 0 Å². The molecule has 0 radical (unpaired) electrons. The molecule has 1 unspecified atom stereocenters. The number of nitrogens with zero attached hydrogens (tertiary/aromatic N) is 5. The van der Waals surface area contributed by atoms with Crippen LogP contribution in [-0.4, -0.2) is 76.1 Å². The second-order valence-corrected chi connectivity index (χ2v) is 9.60. The largest absolute Gasteiger partial charge is 0.368 e. The molecule has 1 atom stereocenters. The van der Waals surface area contributed by atoms with Gasteiger partial charge in [-0.1, -0.05) is 12.1 Å². The monoisotopic (exact) mass is 472 g/mol. The fourth-order valence-corrected chi connectivity index (χ4v) is 5.12. The summed E-state index contributed by atoms with van der Waals surface area (Å²) >= 11 is 0. The average Bonchev–Trinajstić information content (AvgIpc) is 3.40. The predicted octanol–water partition coefficient (Wildman–Crippen LogP) is 3.29. The van der Waals surface area contributed by atoms with Crippen LogP contribution in [0.2, 0.25) is 0 Å². The normalized spacial score (nSPS) is 18.6. The lowest BCUT2D eigenvalue weighted by Crippen LogP contribution is -2.53. The van der Waals surface area contributed by atoms with Crippen LogP contribution in [0.1, 0.15) is 34.5 Å². The van der Waals surface area contributed by atoms with Gasteiger partial charge in [0.15, 0.2) is 0 Å². The first-order chi connectivity index (χ1) is 17.0. The van der Waals surface area contributed by atoms with Gasteiger partial charge in [0, 0.05) is 62.9 Å². The highest BCUT2D eigenvalue weighted by molar-refractivity contribution is 5.94. The molecule has 35 heavy (non-hydrogen) atoms. The summed E-state index contributed by atoms with van der Waals surface area (Å²) in [5.41, 5.74) is 5.84. The first kappa shape index (κ1) is 23.1. The van der Waals surface area contributed by atoms with Gasteiger partial charge in [-0.15, -0.1) is 0 Å². The van der Waals surface area contributed by atoms with Gasteiger partial charge in [0.1, 0.15) is 5.69 Å². The van der Waals surface area contributed by atoms with Crippen molar-refractivity contribution in [1.82, 2.24) is 25.0 Å². The van der Waals surface area contributed by atoms with E-state index in [1.165, 1.54) is 16.8 Å². The van der Waals surface area contributed by atoms with Gasteiger partial charge in [0.2, 0.25) is 5.91 Å². The zero-order valence-electron chi connectivity index (χ0n) is 20.4. The van der Waals surface area contributed by atoms with Crippen molar-refractivity contribution >= 4 is 17.5 Å². The molecule has 8 heteroatoms. The molecule has 2 amide bonds. The van der Waals surface area contributed by atoms with Crippen LogP contribution in [0.15, 0.2) is 48.8 Å². The first-order valence-electron chi connectivity index (χ1n) is 12.4. The predicted molar refractivity (Wildman–Crippen MR) is 135 cm³/mol. The number of hydrogen-bond donors (Lipinski definition) is 1. The number of benzene rings is 1. The van der Waals surface area contributed by atoms with E-state index in [-0.39, 0.29) is 17.7 Å². The number of hydrogen-bond acceptors (Lipinski definition) is 5. The van der Waals surface area contributed by atoms with Crippen molar-refractivity contribution in [2.45, 2.75) is 26.7 Å². The van der Waals surface area contributed by atoms with E-state index in [2.05, 4.69) is 52.1 Å². The third-order valence-electron chi connectivity index (χ3n) is 7.14. The van der Waals surface area contributed by atoms with Crippen LogP contribution in [0.5, 0.6) is 0 Å². The smallest absolute Gasteiger partial charge is 0.271 e. The van der Waals surface area contributed by atoms with Crippen LogP contribution in [0.25, 0.3) is 11.3 Å². The van der Waals surface area contributed by atoms with Crippen LogP contribution >= 0.6 is 0 Å². The maximum Gasteiger partial charge on any atom is 0.271 e. The molecule has 5 rings (SSSR count). The van der Waals surface area contributed by atoms with Crippen LogP contribution in [0.4, 0.5) is 5.69 Å². The van der Waals surface area contributed by atoms with Crippen molar-refractivity contribution in [2.24, 2.45) is 5.92 Å². The van der Waals surface area contributed by atoms with Gasteiger partial charge in [-0.2, -0.15) is 5.10 Å². The number of carbonyl (C=O) groups excluding carboxylic acids is 2. The molecule has 0 saturated carbocycles. The number of piperidine rings is 1. The summed E-state index contributed by atoms with van der Waals surface area (Å²) in [5.74, 6) is -0.0807. The van der Waals surface area contributed by atoms with Crippen molar-refractivity contribution < 1.29 is 9.59 Å². The summed E-state index contributed by atoms with van der Waals surface area (Å²) < 4.78 is 0. The number of aromatic nitrogens is 3. The van der Waals surface area contributed by atoms with E-state index in [0.717, 1.165) is 31.5 Å². The number of aromatic amines is 1. The van der Waals surface area contributed by atoms with Gasteiger partial charge in [0.25, 0.3) is 5.91 Å². The molecular formula is C27H32N6O2. The molecule has 3 aromatic rings. The molecular weight excluding hydrogens is 440 g/mol. The number of H-pyrrole nitrogens is 1. The number of rotatable bonds is 4. The minimum atomic E-state index is -0.150. The van der Waals surface area contributed by atoms with Crippen LogP contribution < -0.4 is 4.90 Å². The number of carbonyl (C=O) groups is 2. The Hall–Kier alpha value is -3.68. The number of nitrogens with one attached hydrogen (secondary N) is 1. The summed E-state index contributed by atoms with van der Waals surface area (Å²) in [7, 11) is 0. The molecule has 182 valence electrons. The lowest BCUT2D eigenvalue weighted by molar-refractivity contribution is -0.137. The van der Waals surface area contributed by atoms with Crippen molar-refractivity contribution in [3.05, 3.63) is 65.6 Å². The van der Waals surface area contributed by atoms with Gasteiger partial charge in [-0.3, -0.25) is 19.7 Å². The van der Waals surface area contributed by atoms with Gasteiger partial charge in [-0.05, 0) is 62.1 Å². The van der Waals surface area contributed by atoms with E-state index < -0.39 is 0 Å². The molecule has 4 heterocycles. The third-order valence-corrected chi connectivity index (χ3v) is 7.14. The molecule has 2 fully saturated rings. The summed E-state index contributed by atoms with van der Waals surface area (Å²) in [6.45, 7) is 8.46. The Kier molecular flexibility index (Phi) is 6.53. The summed E-state index contributed by atoms with van der Waals surface area (Å²) in [6, 6.07) is 12.0.